The number of anilines is 1. The number of methoxy groups -OCH3 is 1. The number of hydrogen-bond acceptors (Lipinski definition) is 6. The molecule has 3 rings (SSSR count). The summed E-state index contributed by atoms with van der Waals surface area (Å²) in [5, 5.41) is 14.4. The molecule has 9 heteroatoms. The van der Waals surface area contributed by atoms with Crippen LogP contribution in [0.3, 0.4) is 0 Å². The van der Waals surface area contributed by atoms with Crippen LogP contribution in [-0.2, 0) is 0 Å². The molecule has 8 nitrogen and oxygen atoms in total. The highest BCUT2D eigenvalue weighted by atomic mass is 79.9. The molecule has 0 atom stereocenters. The molecule has 27 heavy (non-hydrogen) atoms. The summed E-state index contributed by atoms with van der Waals surface area (Å²) in [6.45, 7) is 0. The number of hydrazone groups is 1. The number of halogens is 1. The lowest BCUT2D eigenvalue weighted by atomic mass is 10.2. The lowest BCUT2D eigenvalue weighted by Crippen LogP contribution is -2.31. The van der Waals surface area contributed by atoms with Gasteiger partial charge in [0.1, 0.15) is 11.3 Å². The number of benzene rings is 2. The van der Waals surface area contributed by atoms with E-state index < -0.39 is 17.1 Å². The van der Waals surface area contributed by atoms with E-state index in [9.17, 15) is 14.7 Å². The number of hydrogen-bond donors (Lipinski definition) is 3. The van der Waals surface area contributed by atoms with E-state index in [0.717, 1.165) is 15.3 Å². The van der Waals surface area contributed by atoms with Crippen molar-refractivity contribution in [3.8, 4) is 17.3 Å². The van der Waals surface area contributed by atoms with Crippen molar-refractivity contribution in [3.05, 3.63) is 79.4 Å². The van der Waals surface area contributed by atoms with E-state index in [1.165, 1.54) is 7.11 Å². The lowest BCUT2D eigenvalue weighted by Gasteiger charge is -2.10. The Kier molecular flexibility index (Phi) is 5.41. The molecule has 0 aliphatic rings. The SMILES string of the molecule is COc1ccc(-n2c(O)c(C=NNc3ccc(Br)cc3)c(=O)[nH]c2=O)cc1. The molecule has 0 spiro atoms. The fourth-order valence-electron chi connectivity index (χ4n) is 2.32. The van der Waals surface area contributed by atoms with E-state index in [4.69, 9.17) is 4.74 Å². The van der Waals surface area contributed by atoms with Gasteiger partial charge < -0.3 is 9.84 Å². The second-order valence-electron chi connectivity index (χ2n) is 5.41. The molecular weight excluding hydrogens is 416 g/mol. The largest absolute Gasteiger partial charge is 0.497 e. The van der Waals surface area contributed by atoms with Crippen molar-refractivity contribution in [1.29, 1.82) is 0 Å². The van der Waals surface area contributed by atoms with Gasteiger partial charge in [-0.15, -0.1) is 0 Å². The van der Waals surface area contributed by atoms with Crippen molar-refractivity contribution in [1.82, 2.24) is 9.55 Å². The summed E-state index contributed by atoms with van der Waals surface area (Å²) in [5.41, 5.74) is 2.13. The van der Waals surface area contributed by atoms with Crippen molar-refractivity contribution in [2.24, 2.45) is 5.10 Å². The maximum absolute atomic E-state index is 12.1. The molecular formula is C18H15BrN4O4. The molecule has 0 bridgehead atoms. The van der Waals surface area contributed by atoms with Gasteiger partial charge in [0.15, 0.2) is 0 Å². The van der Waals surface area contributed by atoms with Gasteiger partial charge in [0, 0.05) is 4.47 Å². The summed E-state index contributed by atoms with van der Waals surface area (Å²) in [7, 11) is 1.52. The molecule has 1 aromatic heterocycles. The smallest absolute Gasteiger partial charge is 0.335 e. The first-order chi connectivity index (χ1) is 13.0. The highest BCUT2D eigenvalue weighted by molar-refractivity contribution is 9.10. The summed E-state index contributed by atoms with van der Waals surface area (Å²) in [4.78, 5) is 26.4. The van der Waals surface area contributed by atoms with Crippen LogP contribution in [0.2, 0.25) is 0 Å². The third-order valence-electron chi connectivity index (χ3n) is 3.68. The van der Waals surface area contributed by atoms with E-state index in [0.29, 0.717) is 17.1 Å². The minimum atomic E-state index is -0.763. The number of nitrogens with zero attached hydrogens (tertiary/aromatic N) is 2. The molecule has 0 aliphatic heterocycles. The number of aromatic amines is 1. The predicted molar refractivity (Wildman–Crippen MR) is 106 cm³/mol. The fraction of sp³-hybridized carbons (Fsp3) is 0.0556. The Morgan fingerprint density at radius 3 is 2.44 bits per heavy atom. The highest BCUT2D eigenvalue weighted by Crippen LogP contribution is 2.19. The van der Waals surface area contributed by atoms with E-state index in [1.807, 2.05) is 12.1 Å². The van der Waals surface area contributed by atoms with Gasteiger partial charge in [-0.05, 0) is 48.5 Å². The number of aromatic hydroxyl groups is 1. The van der Waals surface area contributed by atoms with Crippen LogP contribution in [0.15, 0.2) is 67.7 Å². The Bertz CT molecular complexity index is 1090. The van der Waals surface area contributed by atoms with E-state index >= 15 is 0 Å². The van der Waals surface area contributed by atoms with Gasteiger partial charge in [0.2, 0.25) is 5.88 Å². The van der Waals surface area contributed by atoms with Gasteiger partial charge in [0.25, 0.3) is 5.56 Å². The van der Waals surface area contributed by atoms with Crippen LogP contribution in [0.1, 0.15) is 5.56 Å². The van der Waals surface area contributed by atoms with Crippen LogP contribution in [0.25, 0.3) is 5.69 Å². The van der Waals surface area contributed by atoms with Gasteiger partial charge in [-0.25, -0.2) is 9.36 Å². The Morgan fingerprint density at radius 1 is 1.15 bits per heavy atom. The number of nitrogens with one attached hydrogen (secondary N) is 2. The van der Waals surface area contributed by atoms with Crippen molar-refractivity contribution in [2.75, 3.05) is 12.5 Å². The lowest BCUT2D eigenvalue weighted by molar-refractivity contribution is 0.414. The minimum absolute atomic E-state index is 0.157. The van der Waals surface area contributed by atoms with Crippen LogP contribution in [0.5, 0.6) is 11.6 Å². The molecule has 138 valence electrons. The Balaban J connectivity index is 1.95. The van der Waals surface area contributed by atoms with Crippen molar-refractivity contribution < 1.29 is 9.84 Å². The second kappa shape index (κ2) is 7.92. The molecule has 0 amide bonds. The van der Waals surface area contributed by atoms with E-state index in [-0.39, 0.29) is 5.56 Å². The summed E-state index contributed by atoms with van der Waals surface area (Å²) < 4.78 is 6.96. The van der Waals surface area contributed by atoms with E-state index in [1.54, 1.807) is 36.4 Å². The van der Waals surface area contributed by atoms with Crippen LogP contribution in [0.4, 0.5) is 5.69 Å². The fourth-order valence-corrected chi connectivity index (χ4v) is 2.59. The topological polar surface area (TPSA) is 109 Å². The van der Waals surface area contributed by atoms with Crippen LogP contribution >= 0.6 is 15.9 Å². The highest BCUT2D eigenvalue weighted by Gasteiger charge is 2.14. The first kappa shape index (κ1) is 18.5. The van der Waals surface area contributed by atoms with Gasteiger partial charge in [-0.2, -0.15) is 5.10 Å². The van der Waals surface area contributed by atoms with Crippen molar-refractivity contribution in [3.63, 3.8) is 0 Å². The minimum Gasteiger partial charge on any atom is -0.497 e. The van der Waals surface area contributed by atoms with Crippen LogP contribution in [0, 0.1) is 0 Å². The van der Waals surface area contributed by atoms with Crippen LogP contribution < -0.4 is 21.4 Å². The molecule has 0 unspecified atom stereocenters. The zero-order valence-corrected chi connectivity index (χ0v) is 15.7. The Hall–Kier alpha value is -3.33. The summed E-state index contributed by atoms with van der Waals surface area (Å²) in [6, 6.07) is 13.6. The molecule has 0 fully saturated rings. The van der Waals surface area contributed by atoms with Gasteiger partial charge >= 0.3 is 5.69 Å². The number of aromatic nitrogens is 2. The zero-order valence-electron chi connectivity index (χ0n) is 14.1. The quantitative estimate of drug-likeness (QED) is 0.425. The number of rotatable bonds is 5. The van der Waals surface area contributed by atoms with Crippen LogP contribution in [-0.4, -0.2) is 28.0 Å². The molecule has 0 saturated carbocycles. The first-order valence-corrected chi connectivity index (χ1v) is 8.56. The van der Waals surface area contributed by atoms with Crippen molar-refractivity contribution >= 4 is 27.8 Å². The summed E-state index contributed by atoms with van der Waals surface area (Å²) >= 11 is 3.33. The molecule has 0 aliphatic carbocycles. The van der Waals surface area contributed by atoms with Gasteiger partial charge in [0.05, 0.1) is 24.7 Å². The average Bonchev–Trinajstić information content (AvgIpc) is 2.66. The monoisotopic (exact) mass is 430 g/mol. The average molecular weight is 431 g/mol. The van der Waals surface area contributed by atoms with Gasteiger partial charge in [-0.3, -0.25) is 15.2 Å². The third kappa shape index (κ3) is 4.09. The maximum atomic E-state index is 12.1. The molecule has 1 heterocycles. The zero-order chi connectivity index (χ0) is 19.4. The Labute approximate surface area is 161 Å². The summed E-state index contributed by atoms with van der Waals surface area (Å²) in [6.07, 6.45) is 1.15. The molecule has 3 N–H and O–H groups in total. The van der Waals surface area contributed by atoms with Crippen molar-refractivity contribution in [2.45, 2.75) is 0 Å². The maximum Gasteiger partial charge on any atom is 0.335 e. The molecule has 0 radical (unpaired) electrons. The van der Waals surface area contributed by atoms with E-state index in [2.05, 4.69) is 31.4 Å². The molecule has 3 aromatic rings. The first-order valence-electron chi connectivity index (χ1n) is 7.77. The Morgan fingerprint density at radius 2 is 1.81 bits per heavy atom. The summed E-state index contributed by atoms with van der Waals surface area (Å²) in [5.74, 6) is 0.0754. The predicted octanol–water partition coefficient (Wildman–Crippen LogP) is 2.45. The standard InChI is InChI=1S/C18H15BrN4O4/c1-27-14-8-6-13(7-9-14)23-17(25)15(16(24)21-18(23)26)10-20-22-12-4-2-11(19)3-5-12/h2-10,22,25H,1H3,(H,21,24,26). The normalized spacial score (nSPS) is 10.9. The second-order valence-corrected chi connectivity index (χ2v) is 6.32. The third-order valence-corrected chi connectivity index (χ3v) is 4.21. The molecule has 0 saturated heterocycles. The number of H-pyrrole nitrogens is 1. The molecule has 2 aromatic carbocycles. The number of ether oxygens (including phenoxy) is 1. The van der Waals surface area contributed by atoms with Gasteiger partial charge in [-0.1, -0.05) is 15.9 Å².